The third kappa shape index (κ3) is 3.47. The minimum absolute atomic E-state index is 1.12. The fraction of sp³-hybridized carbons (Fsp3) is 0.571. The van der Waals surface area contributed by atoms with E-state index in [0.717, 1.165) is 19.0 Å². The summed E-state index contributed by atoms with van der Waals surface area (Å²) in [5.74, 6) is 1.12. The largest absolute Gasteiger partial charge is 0.314 e. The van der Waals surface area contributed by atoms with E-state index < -0.39 is 0 Å². The Morgan fingerprint density at radius 2 is 1.71 bits per heavy atom. The Balaban J connectivity index is 1.98. The number of nitrogens with zero attached hydrogens (tertiary/aromatic N) is 1. The number of aryl methyl sites for hydroxylation is 3. The van der Waals surface area contributed by atoms with Gasteiger partial charge in [-0.15, -0.1) is 11.8 Å². The summed E-state index contributed by atoms with van der Waals surface area (Å²) in [7, 11) is 0. The second-order valence-electron chi connectivity index (χ2n) is 4.87. The van der Waals surface area contributed by atoms with E-state index in [9.17, 15) is 0 Å². The molecule has 0 unspecified atom stereocenters. The van der Waals surface area contributed by atoms with Gasteiger partial charge in [-0.05, 0) is 31.9 Å². The Labute approximate surface area is 109 Å². The molecular weight excluding hydrogens is 228 g/mol. The van der Waals surface area contributed by atoms with E-state index in [1.165, 1.54) is 34.7 Å². The van der Waals surface area contributed by atoms with Crippen LogP contribution in [0.2, 0.25) is 0 Å². The molecule has 1 heterocycles. The van der Waals surface area contributed by atoms with Crippen LogP contribution in [0.15, 0.2) is 17.0 Å². The Kier molecular flexibility index (Phi) is 4.48. The van der Waals surface area contributed by atoms with Gasteiger partial charge < -0.3 is 5.32 Å². The fourth-order valence-electron chi connectivity index (χ4n) is 2.39. The summed E-state index contributed by atoms with van der Waals surface area (Å²) in [6.45, 7) is 11.2. The van der Waals surface area contributed by atoms with Crippen molar-refractivity contribution in [2.75, 3.05) is 32.1 Å². The molecule has 0 radical (unpaired) electrons. The Morgan fingerprint density at radius 1 is 1.12 bits per heavy atom. The molecule has 1 aliphatic rings. The summed E-state index contributed by atoms with van der Waals surface area (Å²) in [5.41, 5.74) is 4.21. The van der Waals surface area contributed by atoms with Crippen LogP contribution >= 0.6 is 11.8 Å². The highest BCUT2D eigenvalue weighted by Gasteiger charge is 2.11. The van der Waals surface area contributed by atoms with Crippen molar-refractivity contribution < 1.29 is 0 Å². The maximum absolute atomic E-state index is 3.39. The minimum atomic E-state index is 1.12. The number of thioether (sulfide) groups is 1. The zero-order valence-electron chi connectivity index (χ0n) is 11.0. The van der Waals surface area contributed by atoms with Crippen molar-refractivity contribution in [3.05, 3.63) is 28.8 Å². The lowest BCUT2D eigenvalue weighted by Gasteiger charge is -2.27. The molecule has 0 amide bonds. The van der Waals surface area contributed by atoms with Crippen LogP contribution in [-0.4, -0.2) is 37.0 Å². The standard InChI is InChI=1S/C14H22N2S/c1-11-8-12(2)14(13(3)9-11)17-10-16-6-4-15-5-7-16/h8-9,15H,4-7,10H2,1-3H3. The first-order valence-electron chi connectivity index (χ1n) is 6.30. The maximum Gasteiger partial charge on any atom is 0.0492 e. The van der Waals surface area contributed by atoms with Crippen LogP contribution in [0.4, 0.5) is 0 Å². The molecule has 0 aromatic heterocycles. The molecule has 2 nitrogen and oxygen atoms in total. The number of hydrogen-bond acceptors (Lipinski definition) is 3. The molecule has 2 rings (SSSR count). The highest BCUT2D eigenvalue weighted by molar-refractivity contribution is 7.99. The Bertz CT molecular complexity index is 361. The summed E-state index contributed by atoms with van der Waals surface area (Å²) in [4.78, 5) is 3.99. The normalized spacial score (nSPS) is 17.4. The van der Waals surface area contributed by atoms with Crippen LogP contribution in [0, 0.1) is 20.8 Å². The summed E-state index contributed by atoms with van der Waals surface area (Å²) < 4.78 is 0. The van der Waals surface area contributed by atoms with Gasteiger partial charge in [0.05, 0.1) is 0 Å². The maximum atomic E-state index is 3.39. The monoisotopic (exact) mass is 250 g/mol. The lowest BCUT2D eigenvalue weighted by molar-refractivity contribution is 0.280. The SMILES string of the molecule is Cc1cc(C)c(SCN2CCNCC2)c(C)c1. The fourth-order valence-corrected chi connectivity index (χ4v) is 3.53. The van der Waals surface area contributed by atoms with Crippen LogP contribution in [0.3, 0.4) is 0 Å². The van der Waals surface area contributed by atoms with Gasteiger partial charge in [0.1, 0.15) is 0 Å². The van der Waals surface area contributed by atoms with Gasteiger partial charge in [-0.3, -0.25) is 4.90 Å². The quantitative estimate of drug-likeness (QED) is 0.830. The average molecular weight is 250 g/mol. The molecule has 1 aromatic rings. The van der Waals surface area contributed by atoms with E-state index in [2.05, 4.69) is 43.1 Å². The molecule has 3 heteroatoms. The molecule has 1 aromatic carbocycles. The number of nitrogens with one attached hydrogen (secondary N) is 1. The highest BCUT2D eigenvalue weighted by atomic mass is 32.2. The van der Waals surface area contributed by atoms with Crippen molar-refractivity contribution >= 4 is 11.8 Å². The van der Waals surface area contributed by atoms with Gasteiger partial charge >= 0.3 is 0 Å². The molecule has 0 bridgehead atoms. The third-order valence-corrected chi connectivity index (χ3v) is 4.63. The summed E-state index contributed by atoms with van der Waals surface area (Å²) >= 11 is 1.99. The first kappa shape index (κ1) is 12.9. The topological polar surface area (TPSA) is 15.3 Å². The van der Waals surface area contributed by atoms with Gasteiger partial charge in [0, 0.05) is 37.0 Å². The van der Waals surface area contributed by atoms with Crippen molar-refractivity contribution in [1.29, 1.82) is 0 Å². The molecule has 1 saturated heterocycles. The van der Waals surface area contributed by atoms with E-state index in [1.54, 1.807) is 0 Å². The van der Waals surface area contributed by atoms with Gasteiger partial charge in [0.2, 0.25) is 0 Å². The van der Waals surface area contributed by atoms with Gasteiger partial charge in [-0.25, -0.2) is 0 Å². The van der Waals surface area contributed by atoms with E-state index in [4.69, 9.17) is 0 Å². The molecule has 0 saturated carbocycles. The molecule has 94 valence electrons. The lowest BCUT2D eigenvalue weighted by atomic mass is 10.1. The van der Waals surface area contributed by atoms with Crippen LogP contribution in [0.5, 0.6) is 0 Å². The van der Waals surface area contributed by atoms with Gasteiger partial charge in [-0.1, -0.05) is 17.7 Å². The number of rotatable bonds is 3. The van der Waals surface area contributed by atoms with E-state index >= 15 is 0 Å². The van der Waals surface area contributed by atoms with Crippen LogP contribution in [0.25, 0.3) is 0 Å². The van der Waals surface area contributed by atoms with Crippen molar-refractivity contribution in [3.63, 3.8) is 0 Å². The van der Waals surface area contributed by atoms with Gasteiger partial charge in [-0.2, -0.15) is 0 Å². The minimum Gasteiger partial charge on any atom is -0.314 e. The van der Waals surface area contributed by atoms with Crippen molar-refractivity contribution in [3.8, 4) is 0 Å². The smallest absolute Gasteiger partial charge is 0.0492 e. The molecule has 1 aliphatic heterocycles. The average Bonchev–Trinajstić information content (AvgIpc) is 2.29. The van der Waals surface area contributed by atoms with Crippen molar-refractivity contribution in [1.82, 2.24) is 10.2 Å². The van der Waals surface area contributed by atoms with Gasteiger partial charge in [0.25, 0.3) is 0 Å². The van der Waals surface area contributed by atoms with Crippen LogP contribution in [-0.2, 0) is 0 Å². The number of benzene rings is 1. The molecule has 1 N–H and O–H groups in total. The van der Waals surface area contributed by atoms with Gasteiger partial charge in [0.15, 0.2) is 0 Å². The van der Waals surface area contributed by atoms with E-state index in [-0.39, 0.29) is 0 Å². The second-order valence-corrected chi connectivity index (χ2v) is 5.82. The van der Waals surface area contributed by atoms with Crippen LogP contribution < -0.4 is 5.32 Å². The molecule has 1 fully saturated rings. The predicted octanol–water partition coefficient (Wildman–Crippen LogP) is 2.57. The van der Waals surface area contributed by atoms with E-state index in [0.29, 0.717) is 0 Å². The predicted molar refractivity (Wildman–Crippen MR) is 75.8 cm³/mol. The third-order valence-electron chi connectivity index (χ3n) is 3.21. The molecule has 0 aliphatic carbocycles. The van der Waals surface area contributed by atoms with Crippen molar-refractivity contribution in [2.45, 2.75) is 25.7 Å². The summed E-state index contributed by atoms with van der Waals surface area (Å²) in [6.07, 6.45) is 0. The summed E-state index contributed by atoms with van der Waals surface area (Å²) in [6, 6.07) is 4.57. The highest BCUT2D eigenvalue weighted by Crippen LogP contribution is 2.28. The molecule has 17 heavy (non-hydrogen) atoms. The first-order valence-corrected chi connectivity index (χ1v) is 7.29. The zero-order valence-corrected chi connectivity index (χ0v) is 11.9. The summed E-state index contributed by atoms with van der Waals surface area (Å²) in [5, 5.41) is 3.39. The zero-order chi connectivity index (χ0) is 12.3. The molecule has 0 spiro atoms. The Hall–Kier alpha value is -0.510. The Morgan fingerprint density at radius 3 is 2.29 bits per heavy atom. The lowest BCUT2D eigenvalue weighted by Crippen LogP contribution is -2.43. The van der Waals surface area contributed by atoms with Crippen molar-refractivity contribution in [2.24, 2.45) is 0 Å². The second kappa shape index (κ2) is 5.89. The van der Waals surface area contributed by atoms with Crippen LogP contribution in [0.1, 0.15) is 16.7 Å². The molecule has 0 atom stereocenters. The number of piperazine rings is 1. The number of hydrogen-bond donors (Lipinski definition) is 1. The molecular formula is C14H22N2S. The van der Waals surface area contributed by atoms with E-state index in [1.807, 2.05) is 11.8 Å². The first-order chi connectivity index (χ1) is 8.16.